The molecule has 4 heterocycles. The summed E-state index contributed by atoms with van der Waals surface area (Å²) in [5, 5.41) is 4.91. The molecule has 12 heteroatoms. The number of carbonyl (C=O) groups is 1. The Morgan fingerprint density at radius 2 is 1.88 bits per heavy atom. The van der Waals surface area contributed by atoms with Gasteiger partial charge in [-0.3, -0.25) is 4.79 Å². The molecule has 0 unspecified atom stereocenters. The molecule has 0 saturated carbocycles. The van der Waals surface area contributed by atoms with Gasteiger partial charge in [-0.05, 0) is 37.3 Å². The molecule has 0 spiro atoms. The molecule has 2 aromatic carbocycles. The second-order valence-corrected chi connectivity index (χ2v) is 11.0. The van der Waals surface area contributed by atoms with Gasteiger partial charge in [-0.15, -0.1) is 11.3 Å². The van der Waals surface area contributed by atoms with Crippen LogP contribution in [-0.4, -0.2) is 46.6 Å². The van der Waals surface area contributed by atoms with Crippen molar-refractivity contribution in [2.45, 2.75) is 19.2 Å². The summed E-state index contributed by atoms with van der Waals surface area (Å²) < 4.78 is 48.6. The van der Waals surface area contributed by atoms with Crippen molar-refractivity contribution in [1.82, 2.24) is 19.9 Å². The molecule has 6 rings (SSSR count). The Hall–Kier alpha value is -4.42. The number of anilines is 1. The van der Waals surface area contributed by atoms with Crippen molar-refractivity contribution in [2.24, 2.45) is 5.73 Å². The van der Waals surface area contributed by atoms with E-state index in [2.05, 4.69) is 15.2 Å². The number of primary amides is 1. The van der Waals surface area contributed by atoms with E-state index in [1.54, 1.807) is 12.3 Å². The van der Waals surface area contributed by atoms with Gasteiger partial charge in [0.25, 0.3) is 5.91 Å². The number of nitrogens with zero attached hydrogens (tertiary/aromatic N) is 4. The Morgan fingerprint density at radius 1 is 1.10 bits per heavy atom. The standard InChI is InChI=1S/C30H27F3N6O2S/c1-18(21-4-2-3-5-22(21)30(31,32)33)41-25-17-26(42-27(25)28(34)40)39-13-9-20-16-19(6-7-24(20)39)23-8-10-36-29(37-23)38-14-11-35-12-15-38/h2-10,13,16-18,35H,11-12,14-15H2,1H3,(H2,34,40)/t18-/m1/s1. The van der Waals surface area contributed by atoms with E-state index in [0.29, 0.717) is 10.9 Å². The maximum atomic E-state index is 13.6. The fraction of sp³-hybridized carbons (Fsp3) is 0.233. The molecule has 0 aliphatic carbocycles. The number of hydrogen-bond donors (Lipinski definition) is 2. The first-order valence-electron chi connectivity index (χ1n) is 13.4. The average Bonchev–Trinajstić information content (AvgIpc) is 3.61. The third kappa shape index (κ3) is 5.42. The number of nitrogens with one attached hydrogen (secondary N) is 1. The Morgan fingerprint density at radius 3 is 2.64 bits per heavy atom. The monoisotopic (exact) mass is 592 g/mol. The average molecular weight is 593 g/mol. The SMILES string of the molecule is C[C@@H](Oc1cc(-n2ccc3cc(-c4ccnc(N5CCNCC5)n4)ccc32)sc1C(N)=O)c1ccccc1C(F)(F)F. The fourth-order valence-corrected chi connectivity index (χ4v) is 6.06. The summed E-state index contributed by atoms with van der Waals surface area (Å²) in [5.41, 5.74) is 7.44. The van der Waals surface area contributed by atoms with Gasteiger partial charge in [0.1, 0.15) is 21.7 Å². The number of benzene rings is 2. The summed E-state index contributed by atoms with van der Waals surface area (Å²) in [6.07, 6.45) is -1.89. The van der Waals surface area contributed by atoms with Gasteiger partial charge in [-0.1, -0.05) is 24.3 Å². The summed E-state index contributed by atoms with van der Waals surface area (Å²) in [6.45, 7) is 4.98. The molecule has 1 aliphatic rings. The molecule has 8 nitrogen and oxygen atoms in total. The number of piperazine rings is 1. The summed E-state index contributed by atoms with van der Waals surface area (Å²) in [5.74, 6) is 0.107. The largest absolute Gasteiger partial charge is 0.484 e. The first-order chi connectivity index (χ1) is 20.2. The quantitative estimate of drug-likeness (QED) is 0.247. The molecule has 3 aromatic heterocycles. The second-order valence-electron chi connectivity index (χ2n) is 9.93. The van der Waals surface area contributed by atoms with Gasteiger partial charge < -0.3 is 25.3 Å². The smallest absolute Gasteiger partial charge is 0.416 e. The first-order valence-corrected chi connectivity index (χ1v) is 14.2. The highest BCUT2D eigenvalue weighted by molar-refractivity contribution is 7.16. The predicted molar refractivity (Wildman–Crippen MR) is 156 cm³/mol. The van der Waals surface area contributed by atoms with Crippen LogP contribution >= 0.6 is 11.3 Å². The van der Waals surface area contributed by atoms with Crippen molar-refractivity contribution in [3.8, 4) is 22.0 Å². The second kappa shape index (κ2) is 11.1. The zero-order valence-electron chi connectivity index (χ0n) is 22.6. The number of alkyl halides is 3. The molecular weight excluding hydrogens is 565 g/mol. The fourth-order valence-electron chi connectivity index (χ4n) is 5.12. The minimum atomic E-state index is -4.54. The van der Waals surface area contributed by atoms with Gasteiger partial charge in [0.15, 0.2) is 0 Å². The van der Waals surface area contributed by atoms with E-state index in [-0.39, 0.29) is 16.2 Å². The van der Waals surface area contributed by atoms with Crippen LogP contribution in [0.5, 0.6) is 5.75 Å². The van der Waals surface area contributed by atoms with E-state index in [0.717, 1.165) is 65.7 Å². The highest BCUT2D eigenvalue weighted by Gasteiger charge is 2.35. The number of halogens is 3. The van der Waals surface area contributed by atoms with E-state index in [1.165, 1.54) is 25.1 Å². The molecule has 1 amide bonds. The van der Waals surface area contributed by atoms with Crippen LogP contribution in [0.4, 0.5) is 19.1 Å². The zero-order valence-corrected chi connectivity index (χ0v) is 23.4. The van der Waals surface area contributed by atoms with Gasteiger partial charge in [0.2, 0.25) is 5.95 Å². The van der Waals surface area contributed by atoms with Crippen molar-refractivity contribution >= 4 is 34.1 Å². The molecular formula is C30H27F3N6O2S. The first kappa shape index (κ1) is 27.7. The van der Waals surface area contributed by atoms with Gasteiger partial charge in [0, 0.05) is 61.2 Å². The number of carbonyl (C=O) groups excluding carboxylic acids is 1. The van der Waals surface area contributed by atoms with Crippen LogP contribution < -0.4 is 20.7 Å². The zero-order chi connectivity index (χ0) is 29.4. The number of thiophene rings is 1. The normalized spacial score (nSPS) is 14.7. The lowest BCUT2D eigenvalue weighted by Gasteiger charge is -2.27. The lowest BCUT2D eigenvalue weighted by molar-refractivity contribution is -0.139. The highest BCUT2D eigenvalue weighted by Crippen LogP contribution is 2.39. The summed E-state index contributed by atoms with van der Waals surface area (Å²) in [7, 11) is 0. The van der Waals surface area contributed by atoms with Crippen LogP contribution in [0.3, 0.4) is 0 Å². The molecule has 5 aromatic rings. The topological polar surface area (TPSA) is 98.3 Å². The van der Waals surface area contributed by atoms with E-state index < -0.39 is 23.8 Å². The number of rotatable bonds is 7. The Labute approximate surface area is 243 Å². The lowest BCUT2D eigenvalue weighted by atomic mass is 10.0. The van der Waals surface area contributed by atoms with Gasteiger partial charge in [0.05, 0.1) is 16.8 Å². The number of aromatic nitrogens is 3. The lowest BCUT2D eigenvalue weighted by Crippen LogP contribution is -2.44. The van der Waals surface area contributed by atoms with Gasteiger partial charge >= 0.3 is 6.18 Å². The number of nitrogens with two attached hydrogens (primary N) is 1. The van der Waals surface area contributed by atoms with Crippen LogP contribution in [0.25, 0.3) is 27.2 Å². The van der Waals surface area contributed by atoms with Crippen LogP contribution in [0.1, 0.15) is 33.8 Å². The van der Waals surface area contributed by atoms with Crippen LogP contribution in [-0.2, 0) is 6.18 Å². The summed E-state index contributed by atoms with van der Waals surface area (Å²) in [6, 6.07) is 16.7. The molecule has 42 heavy (non-hydrogen) atoms. The highest BCUT2D eigenvalue weighted by atomic mass is 32.1. The Kier molecular flexibility index (Phi) is 7.33. The number of hydrogen-bond acceptors (Lipinski definition) is 7. The molecule has 0 bridgehead atoms. The van der Waals surface area contributed by atoms with Crippen molar-refractivity contribution < 1.29 is 22.7 Å². The summed E-state index contributed by atoms with van der Waals surface area (Å²) in [4.78, 5) is 23.8. The van der Waals surface area contributed by atoms with Crippen LogP contribution in [0.15, 0.2) is 73.1 Å². The van der Waals surface area contributed by atoms with Gasteiger partial charge in [-0.25, -0.2) is 9.97 Å². The third-order valence-corrected chi connectivity index (χ3v) is 8.31. The van der Waals surface area contributed by atoms with E-state index >= 15 is 0 Å². The molecule has 1 aliphatic heterocycles. The van der Waals surface area contributed by atoms with Gasteiger partial charge in [-0.2, -0.15) is 13.2 Å². The van der Waals surface area contributed by atoms with Crippen molar-refractivity contribution in [1.29, 1.82) is 0 Å². The van der Waals surface area contributed by atoms with Crippen LogP contribution in [0, 0.1) is 0 Å². The predicted octanol–water partition coefficient (Wildman–Crippen LogP) is 5.82. The minimum Gasteiger partial charge on any atom is -0.484 e. The van der Waals surface area contributed by atoms with Crippen molar-refractivity contribution in [2.75, 3.05) is 31.1 Å². The maximum absolute atomic E-state index is 13.6. The third-order valence-electron chi connectivity index (χ3n) is 7.18. The molecule has 0 radical (unpaired) electrons. The number of ether oxygens (including phenoxy) is 1. The Balaban J connectivity index is 1.30. The number of fused-ring (bicyclic) bond motifs is 1. The van der Waals surface area contributed by atoms with Crippen molar-refractivity contribution in [3.05, 3.63) is 89.1 Å². The molecule has 1 fully saturated rings. The van der Waals surface area contributed by atoms with E-state index in [9.17, 15) is 18.0 Å². The summed E-state index contributed by atoms with van der Waals surface area (Å²) >= 11 is 1.12. The number of amides is 1. The molecule has 1 atom stereocenters. The van der Waals surface area contributed by atoms with Crippen molar-refractivity contribution in [3.63, 3.8) is 0 Å². The molecule has 1 saturated heterocycles. The molecule has 3 N–H and O–H groups in total. The van der Waals surface area contributed by atoms with E-state index in [1.807, 2.05) is 41.1 Å². The Bertz CT molecular complexity index is 1760. The van der Waals surface area contributed by atoms with E-state index in [4.69, 9.17) is 15.5 Å². The van der Waals surface area contributed by atoms with Crippen LogP contribution in [0.2, 0.25) is 0 Å². The maximum Gasteiger partial charge on any atom is 0.416 e. The molecule has 216 valence electrons. The minimum absolute atomic E-state index is 0.0306.